The van der Waals surface area contributed by atoms with Crippen LogP contribution in [-0.4, -0.2) is 59.9 Å². The molecule has 0 aliphatic heterocycles. The molecule has 2 heterocycles. The highest BCUT2D eigenvalue weighted by Crippen LogP contribution is 2.34. The van der Waals surface area contributed by atoms with E-state index in [0.717, 1.165) is 16.8 Å². The number of benzene rings is 1. The molecule has 3 aromatic rings. The molecule has 1 aromatic carbocycles. The number of carbonyl (C=O) groups is 1. The number of thiazole rings is 1. The Balaban J connectivity index is 2.00. The second-order valence-electron chi connectivity index (χ2n) is 5.94. The van der Waals surface area contributed by atoms with Crippen molar-refractivity contribution >= 4 is 32.6 Å². The average molecular weight is 359 g/mol. The Hall–Kier alpha value is -2.45. The lowest BCUT2D eigenvalue weighted by molar-refractivity contribution is 0.0979. The zero-order chi connectivity index (χ0) is 18.0. The molecule has 0 saturated heterocycles. The smallest absolute Gasteiger partial charge is 0.280 e. The van der Waals surface area contributed by atoms with Crippen LogP contribution in [0.25, 0.3) is 10.2 Å². The SMILES string of the molecule is COc1cccc2sc(N(CCN(C)C)C(=O)c3ccn(C)n3)nc12. The molecule has 0 atom stereocenters. The maximum absolute atomic E-state index is 13.0. The molecule has 0 bridgehead atoms. The third kappa shape index (κ3) is 3.64. The first-order chi connectivity index (χ1) is 12.0. The van der Waals surface area contributed by atoms with E-state index in [9.17, 15) is 4.79 Å². The molecular weight excluding hydrogens is 338 g/mol. The summed E-state index contributed by atoms with van der Waals surface area (Å²) >= 11 is 1.48. The molecule has 0 saturated carbocycles. The fourth-order valence-corrected chi connectivity index (χ4v) is 3.45. The number of ether oxygens (including phenoxy) is 1. The molecule has 0 radical (unpaired) electrons. The second kappa shape index (κ2) is 7.20. The van der Waals surface area contributed by atoms with Gasteiger partial charge in [-0.25, -0.2) is 4.98 Å². The average Bonchev–Trinajstić information content (AvgIpc) is 3.20. The number of para-hydroxylation sites is 1. The number of aromatic nitrogens is 3. The van der Waals surface area contributed by atoms with Crippen LogP contribution in [0.2, 0.25) is 0 Å². The summed E-state index contributed by atoms with van der Waals surface area (Å²) < 4.78 is 7.99. The van der Waals surface area contributed by atoms with Crippen LogP contribution in [0, 0.1) is 0 Å². The van der Waals surface area contributed by atoms with E-state index in [4.69, 9.17) is 4.74 Å². The molecule has 0 spiro atoms. The summed E-state index contributed by atoms with van der Waals surface area (Å²) in [6.45, 7) is 1.26. The van der Waals surface area contributed by atoms with E-state index in [1.165, 1.54) is 11.3 Å². The van der Waals surface area contributed by atoms with Gasteiger partial charge in [0.05, 0.1) is 11.8 Å². The van der Waals surface area contributed by atoms with Crippen molar-refractivity contribution in [2.45, 2.75) is 0 Å². The van der Waals surface area contributed by atoms with Gasteiger partial charge in [-0.15, -0.1) is 0 Å². The summed E-state index contributed by atoms with van der Waals surface area (Å²) in [6, 6.07) is 7.50. The Morgan fingerprint density at radius 3 is 2.72 bits per heavy atom. The van der Waals surface area contributed by atoms with Crippen molar-refractivity contribution in [3.63, 3.8) is 0 Å². The van der Waals surface area contributed by atoms with Gasteiger partial charge in [-0.05, 0) is 32.3 Å². The van der Waals surface area contributed by atoms with Crippen LogP contribution >= 0.6 is 11.3 Å². The Kier molecular flexibility index (Phi) is 5.00. The van der Waals surface area contributed by atoms with Crippen molar-refractivity contribution in [2.24, 2.45) is 7.05 Å². The van der Waals surface area contributed by atoms with E-state index in [1.54, 1.807) is 36.0 Å². The molecule has 132 valence electrons. The third-order valence-corrected chi connectivity index (χ3v) is 4.81. The van der Waals surface area contributed by atoms with Crippen LogP contribution in [0.1, 0.15) is 10.5 Å². The maximum atomic E-state index is 13.0. The largest absolute Gasteiger partial charge is 0.494 e. The van der Waals surface area contributed by atoms with Crippen LogP contribution in [0.5, 0.6) is 5.75 Å². The van der Waals surface area contributed by atoms with Crippen LogP contribution in [0.3, 0.4) is 0 Å². The minimum Gasteiger partial charge on any atom is -0.494 e. The summed E-state index contributed by atoms with van der Waals surface area (Å²) in [5.41, 5.74) is 1.18. The zero-order valence-electron chi connectivity index (χ0n) is 14.8. The third-order valence-electron chi connectivity index (χ3n) is 3.77. The number of aryl methyl sites for hydroxylation is 1. The van der Waals surface area contributed by atoms with Crippen molar-refractivity contribution in [2.75, 3.05) is 39.2 Å². The van der Waals surface area contributed by atoms with Gasteiger partial charge >= 0.3 is 0 Å². The minimum absolute atomic E-state index is 0.152. The number of nitrogens with zero attached hydrogens (tertiary/aromatic N) is 5. The van der Waals surface area contributed by atoms with Crippen LogP contribution in [-0.2, 0) is 7.05 Å². The summed E-state index contributed by atoms with van der Waals surface area (Å²) in [5, 5.41) is 4.89. The highest BCUT2D eigenvalue weighted by molar-refractivity contribution is 7.22. The van der Waals surface area contributed by atoms with Crippen molar-refractivity contribution < 1.29 is 9.53 Å². The van der Waals surface area contributed by atoms with Crippen LogP contribution in [0.15, 0.2) is 30.5 Å². The summed E-state index contributed by atoms with van der Waals surface area (Å²) in [6.07, 6.45) is 1.76. The van der Waals surface area contributed by atoms with Gasteiger partial charge in [0, 0.05) is 26.3 Å². The monoisotopic (exact) mass is 359 g/mol. The molecule has 0 N–H and O–H groups in total. The van der Waals surface area contributed by atoms with Gasteiger partial charge in [-0.2, -0.15) is 5.10 Å². The number of methoxy groups -OCH3 is 1. The van der Waals surface area contributed by atoms with Crippen molar-refractivity contribution in [1.29, 1.82) is 0 Å². The lowest BCUT2D eigenvalue weighted by Crippen LogP contribution is -2.37. The van der Waals surface area contributed by atoms with E-state index < -0.39 is 0 Å². The molecule has 25 heavy (non-hydrogen) atoms. The minimum atomic E-state index is -0.152. The van der Waals surface area contributed by atoms with Crippen molar-refractivity contribution in [1.82, 2.24) is 19.7 Å². The summed E-state index contributed by atoms with van der Waals surface area (Å²) in [7, 11) is 7.37. The standard InChI is InChI=1S/C17H21N5O2S/c1-20(2)10-11-22(16(23)12-8-9-21(3)19-12)17-18-15-13(24-4)6-5-7-14(15)25-17/h5-9H,10-11H2,1-4H3. The first-order valence-corrected chi connectivity index (χ1v) is 8.71. The van der Waals surface area contributed by atoms with Gasteiger partial charge in [0.2, 0.25) is 0 Å². The fraction of sp³-hybridized carbons (Fsp3) is 0.353. The topological polar surface area (TPSA) is 63.5 Å². The van der Waals surface area contributed by atoms with E-state index in [1.807, 2.05) is 37.2 Å². The molecule has 0 unspecified atom stereocenters. The number of hydrogen-bond acceptors (Lipinski definition) is 6. The van der Waals surface area contributed by atoms with Crippen LogP contribution < -0.4 is 9.64 Å². The van der Waals surface area contributed by atoms with E-state index in [0.29, 0.717) is 23.1 Å². The quantitative estimate of drug-likeness (QED) is 0.675. The van der Waals surface area contributed by atoms with Gasteiger partial charge in [0.15, 0.2) is 10.8 Å². The molecule has 0 aliphatic carbocycles. The molecule has 2 aromatic heterocycles. The normalized spacial score (nSPS) is 11.2. The first-order valence-electron chi connectivity index (χ1n) is 7.89. The van der Waals surface area contributed by atoms with Crippen LogP contribution in [0.4, 0.5) is 5.13 Å². The van der Waals surface area contributed by atoms with Crippen molar-refractivity contribution in [3.05, 3.63) is 36.2 Å². The number of hydrogen-bond donors (Lipinski definition) is 0. The number of carbonyl (C=O) groups excluding carboxylic acids is 1. The van der Waals surface area contributed by atoms with Gasteiger partial charge in [0.1, 0.15) is 11.3 Å². The first kappa shape index (κ1) is 17.4. The molecule has 0 fully saturated rings. The highest BCUT2D eigenvalue weighted by Gasteiger charge is 2.23. The Labute approximate surface area is 150 Å². The van der Waals surface area contributed by atoms with Crippen molar-refractivity contribution in [3.8, 4) is 5.75 Å². The second-order valence-corrected chi connectivity index (χ2v) is 6.95. The molecular formula is C17H21N5O2S. The highest BCUT2D eigenvalue weighted by atomic mass is 32.1. The number of rotatable bonds is 6. The number of anilines is 1. The number of amides is 1. The Morgan fingerprint density at radius 2 is 2.08 bits per heavy atom. The van der Waals surface area contributed by atoms with Gasteiger partial charge < -0.3 is 9.64 Å². The van der Waals surface area contributed by atoms with E-state index in [2.05, 4.69) is 10.1 Å². The van der Waals surface area contributed by atoms with Gasteiger partial charge in [0.25, 0.3) is 5.91 Å². The lowest BCUT2D eigenvalue weighted by atomic mass is 10.3. The van der Waals surface area contributed by atoms with Gasteiger partial charge in [-0.1, -0.05) is 17.4 Å². The predicted molar refractivity (Wildman–Crippen MR) is 99.6 cm³/mol. The molecule has 8 heteroatoms. The number of fused-ring (bicyclic) bond motifs is 1. The molecule has 7 nitrogen and oxygen atoms in total. The predicted octanol–water partition coefficient (Wildman–Crippen LogP) is 2.25. The molecule has 3 rings (SSSR count). The number of likely N-dealkylation sites (N-methyl/N-ethyl adjacent to an activating group) is 1. The summed E-state index contributed by atoms with van der Waals surface area (Å²) in [4.78, 5) is 21.4. The zero-order valence-corrected chi connectivity index (χ0v) is 15.6. The van der Waals surface area contributed by atoms with E-state index in [-0.39, 0.29) is 5.91 Å². The molecule has 0 aliphatic rings. The van der Waals surface area contributed by atoms with Gasteiger partial charge in [-0.3, -0.25) is 14.4 Å². The van der Waals surface area contributed by atoms with E-state index >= 15 is 0 Å². The Morgan fingerprint density at radius 1 is 1.28 bits per heavy atom. The maximum Gasteiger partial charge on any atom is 0.280 e. The fourth-order valence-electron chi connectivity index (χ4n) is 2.44. The Bertz CT molecular complexity index is 886. The molecule has 1 amide bonds. The lowest BCUT2D eigenvalue weighted by Gasteiger charge is -2.21. The summed E-state index contributed by atoms with van der Waals surface area (Å²) in [5.74, 6) is 0.554.